The number of hydrogen-bond donors (Lipinski definition) is 1. The Labute approximate surface area is 96.1 Å². The molecule has 0 radical (unpaired) electrons. The van der Waals surface area contributed by atoms with Crippen molar-refractivity contribution in [3.63, 3.8) is 0 Å². The summed E-state index contributed by atoms with van der Waals surface area (Å²) in [5.74, 6) is 2.23. The Morgan fingerprint density at radius 1 is 1.25 bits per heavy atom. The lowest BCUT2D eigenvalue weighted by Crippen LogP contribution is -2.26. The monoisotopic (exact) mass is 215 g/mol. The summed E-state index contributed by atoms with van der Waals surface area (Å²) >= 11 is 0. The van der Waals surface area contributed by atoms with Gasteiger partial charge in [0.2, 0.25) is 0 Å². The molecule has 0 bridgehead atoms. The lowest BCUT2D eigenvalue weighted by Gasteiger charge is -2.12. The molecule has 1 heterocycles. The average Bonchev–Trinajstić information content (AvgIpc) is 2.95. The Morgan fingerprint density at radius 2 is 2.06 bits per heavy atom. The molecule has 2 N–H and O–H groups in total. The molecule has 1 aliphatic carbocycles. The van der Waals surface area contributed by atoms with Gasteiger partial charge in [0.25, 0.3) is 0 Å². The molecule has 0 spiro atoms. The Balaban J connectivity index is 1.67. The summed E-state index contributed by atoms with van der Waals surface area (Å²) < 4.78 is 5.54. The molecular weight excluding hydrogens is 198 g/mol. The Morgan fingerprint density at radius 3 is 2.75 bits per heavy atom. The van der Waals surface area contributed by atoms with Gasteiger partial charge >= 0.3 is 0 Å². The van der Waals surface area contributed by atoms with Crippen molar-refractivity contribution in [3.8, 4) is 0 Å². The first-order valence-corrected chi connectivity index (χ1v) is 5.99. The molecule has 0 saturated heterocycles. The first kappa shape index (κ1) is 9.91. The maximum atomic E-state index is 6.22. The van der Waals surface area contributed by atoms with Crippen molar-refractivity contribution in [1.29, 1.82) is 0 Å². The molecule has 3 atom stereocenters. The number of nitrogens with two attached hydrogens (primary N) is 1. The molecule has 2 nitrogen and oxygen atoms in total. The zero-order valence-corrected chi connectivity index (χ0v) is 9.30. The van der Waals surface area contributed by atoms with Crippen LogP contribution in [0, 0.1) is 5.92 Å². The van der Waals surface area contributed by atoms with Gasteiger partial charge in [-0.3, -0.25) is 0 Å². The molecular formula is C14H17NO. The highest BCUT2D eigenvalue weighted by Crippen LogP contribution is 2.50. The summed E-state index contributed by atoms with van der Waals surface area (Å²) in [4.78, 5) is 0. The number of benzene rings is 1. The molecule has 2 heteroatoms. The maximum Gasteiger partial charge on any atom is 0.109 e. The van der Waals surface area contributed by atoms with E-state index in [1.54, 1.807) is 0 Å². The first-order chi connectivity index (χ1) is 7.86. The second-order valence-corrected chi connectivity index (χ2v) is 4.69. The highest BCUT2D eigenvalue weighted by Gasteiger charge is 2.44. The first-order valence-electron chi connectivity index (χ1n) is 5.99. The SMILES string of the molecule is NC(C1=CCCO1)C1CC1c1ccccc1. The largest absolute Gasteiger partial charge is 0.496 e. The predicted molar refractivity (Wildman–Crippen MR) is 63.9 cm³/mol. The van der Waals surface area contributed by atoms with Crippen LogP contribution in [0.2, 0.25) is 0 Å². The molecule has 3 rings (SSSR count). The van der Waals surface area contributed by atoms with Crippen LogP contribution in [0.1, 0.15) is 24.3 Å². The van der Waals surface area contributed by atoms with E-state index in [4.69, 9.17) is 10.5 Å². The van der Waals surface area contributed by atoms with E-state index in [2.05, 4.69) is 36.4 Å². The third-order valence-electron chi connectivity index (χ3n) is 3.59. The molecule has 1 saturated carbocycles. The maximum absolute atomic E-state index is 6.22. The molecule has 0 amide bonds. The molecule has 0 aromatic heterocycles. The van der Waals surface area contributed by atoms with E-state index < -0.39 is 0 Å². The minimum absolute atomic E-state index is 0.104. The molecule has 1 fully saturated rings. The summed E-state index contributed by atoms with van der Waals surface area (Å²) in [7, 11) is 0. The van der Waals surface area contributed by atoms with Gasteiger partial charge in [-0.25, -0.2) is 0 Å². The van der Waals surface area contributed by atoms with Gasteiger partial charge in [0.05, 0.1) is 12.6 Å². The van der Waals surface area contributed by atoms with Crippen molar-refractivity contribution in [2.45, 2.75) is 24.8 Å². The number of hydrogen-bond acceptors (Lipinski definition) is 2. The van der Waals surface area contributed by atoms with Gasteiger partial charge in [-0.15, -0.1) is 0 Å². The minimum atomic E-state index is 0.104. The molecule has 1 aliphatic heterocycles. The van der Waals surface area contributed by atoms with Crippen LogP contribution in [-0.2, 0) is 4.74 Å². The fraction of sp³-hybridized carbons (Fsp3) is 0.429. The van der Waals surface area contributed by atoms with Gasteiger partial charge in [-0.1, -0.05) is 30.3 Å². The summed E-state index contributed by atoms with van der Waals surface area (Å²) in [6.45, 7) is 0.811. The van der Waals surface area contributed by atoms with Crippen molar-refractivity contribution in [2.75, 3.05) is 6.61 Å². The van der Waals surface area contributed by atoms with Crippen molar-refractivity contribution in [1.82, 2.24) is 0 Å². The second-order valence-electron chi connectivity index (χ2n) is 4.69. The molecule has 1 aromatic rings. The molecule has 16 heavy (non-hydrogen) atoms. The van der Waals surface area contributed by atoms with E-state index in [1.165, 1.54) is 12.0 Å². The highest BCUT2D eigenvalue weighted by molar-refractivity contribution is 5.28. The van der Waals surface area contributed by atoms with E-state index in [-0.39, 0.29) is 6.04 Å². The van der Waals surface area contributed by atoms with Crippen LogP contribution in [0.25, 0.3) is 0 Å². The molecule has 3 unspecified atom stereocenters. The van der Waals surface area contributed by atoms with Crippen molar-refractivity contribution in [2.24, 2.45) is 11.7 Å². The van der Waals surface area contributed by atoms with Gasteiger partial charge in [0.15, 0.2) is 0 Å². The topological polar surface area (TPSA) is 35.2 Å². The van der Waals surface area contributed by atoms with Crippen LogP contribution in [0.15, 0.2) is 42.2 Å². The zero-order valence-electron chi connectivity index (χ0n) is 9.30. The molecule has 2 aliphatic rings. The second kappa shape index (κ2) is 3.95. The Kier molecular flexibility index (Phi) is 2.44. The standard InChI is InChI=1S/C14H17NO/c15-14(13-7-4-8-16-13)12-9-11(12)10-5-2-1-3-6-10/h1-3,5-7,11-12,14H,4,8-9,15H2. The quantitative estimate of drug-likeness (QED) is 0.840. The predicted octanol–water partition coefficient (Wildman–Crippen LogP) is 2.42. The fourth-order valence-corrected chi connectivity index (χ4v) is 2.58. The van der Waals surface area contributed by atoms with E-state index in [9.17, 15) is 0 Å². The van der Waals surface area contributed by atoms with Crippen LogP contribution in [0.4, 0.5) is 0 Å². The number of ether oxygens (including phenoxy) is 1. The minimum Gasteiger partial charge on any atom is -0.496 e. The van der Waals surface area contributed by atoms with Crippen LogP contribution in [-0.4, -0.2) is 12.6 Å². The van der Waals surface area contributed by atoms with Gasteiger partial charge in [0, 0.05) is 6.42 Å². The van der Waals surface area contributed by atoms with Crippen LogP contribution < -0.4 is 5.73 Å². The van der Waals surface area contributed by atoms with Crippen molar-refractivity contribution >= 4 is 0 Å². The average molecular weight is 215 g/mol. The van der Waals surface area contributed by atoms with Crippen molar-refractivity contribution < 1.29 is 4.74 Å². The Bertz CT molecular complexity index is 398. The van der Waals surface area contributed by atoms with Gasteiger partial charge < -0.3 is 10.5 Å². The summed E-state index contributed by atoms with van der Waals surface area (Å²) in [5.41, 5.74) is 7.64. The smallest absolute Gasteiger partial charge is 0.109 e. The summed E-state index contributed by atoms with van der Waals surface area (Å²) in [5, 5.41) is 0. The van der Waals surface area contributed by atoms with Crippen LogP contribution in [0.5, 0.6) is 0 Å². The highest BCUT2D eigenvalue weighted by atomic mass is 16.5. The van der Waals surface area contributed by atoms with Gasteiger partial charge in [-0.05, 0) is 29.9 Å². The van der Waals surface area contributed by atoms with E-state index in [0.29, 0.717) is 11.8 Å². The summed E-state index contributed by atoms with van der Waals surface area (Å²) in [6, 6.07) is 10.8. The lowest BCUT2D eigenvalue weighted by molar-refractivity contribution is 0.219. The van der Waals surface area contributed by atoms with E-state index >= 15 is 0 Å². The number of rotatable bonds is 3. The van der Waals surface area contributed by atoms with Crippen LogP contribution >= 0.6 is 0 Å². The third-order valence-corrected chi connectivity index (χ3v) is 3.59. The third kappa shape index (κ3) is 1.74. The molecule has 1 aromatic carbocycles. The lowest BCUT2D eigenvalue weighted by atomic mass is 10.0. The zero-order chi connectivity index (χ0) is 11.0. The normalized spacial score (nSPS) is 29.4. The summed E-state index contributed by atoms with van der Waals surface area (Å²) in [6.07, 6.45) is 4.36. The Hall–Kier alpha value is -1.28. The van der Waals surface area contributed by atoms with E-state index in [1.807, 2.05) is 0 Å². The van der Waals surface area contributed by atoms with Gasteiger partial charge in [0.1, 0.15) is 5.76 Å². The van der Waals surface area contributed by atoms with E-state index in [0.717, 1.165) is 18.8 Å². The molecule has 84 valence electrons. The van der Waals surface area contributed by atoms with Gasteiger partial charge in [-0.2, -0.15) is 0 Å². The fourth-order valence-electron chi connectivity index (χ4n) is 2.58. The van der Waals surface area contributed by atoms with Crippen molar-refractivity contribution in [3.05, 3.63) is 47.7 Å². The van der Waals surface area contributed by atoms with Crippen LogP contribution in [0.3, 0.4) is 0 Å².